The van der Waals surface area contributed by atoms with Gasteiger partial charge in [-0.25, -0.2) is 9.59 Å². The minimum atomic E-state index is -4.55. The van der Waals surface area contributed by atoms with Crippen LogP contribution in [0.15, 0.2) is 47.4 Å². The molecule has 0 bridgehead atoms. The summed E-state index contributed by atoms with van der Waals surface area (Å²) in [5.41, 5.74) is -0.334. The van der Waals surface area contributed by atoms with Crippen molar-refractivity contribution in [3.63, 3.8) is 0 Å². The van der Waals surface area contributed by atoms with E-state index in [4.69, 9.17) is 9.47 Å². The van der Waals surface area contributed by atoms with E-state index in [0.717, 1.165) is 69.9 Å². The summed E-state index contributed by atoms with van der Waals surface area (Å²) >= 11 is 0. The van der Waals surface area contributed by atoms with Crippen LogP contribution in [0.2, 0.25) is 0 Å². The minimum absolute atomic E-state index is 0.0919. The van der Waals surface area contributed by atoms with Crippen molar-refractivity contribution < 1.29 is 32.0 Å². The topological polar surface area (TPSA) is 107 Å². The zero-order chi connectivity index (χ0) is 26.7. The highest BCUT2D eigenvalue weighted by molar-refractivity contribution is 7.85. The van der Waals surface area contributed by atoms with Gasteiger partial charge in [0, 0.05) is 0 Å². The molecular formula is C28H42O7S. The molecule has 0 amide bonds. The molecule has 0 aliphatic heterocycles. The number of unbranched alkanes of at least 4 members (excludes halogenated alkanes) is 8. The minimum Gasteiger partial charge on any atom is -0.462 e. The second kappa shape index (κ2) is 18.8. The van der Waals surface area contributed by atoms with Gasteiger partial charge in [0.05, 0.1) is 29.2 Å². The number of carbonyl (C=O) groups is 2. The molecule has 8 heteroatoms. The number of rotatable bonds is 19. The van der Waals surface area contributed by atoms with E-state index in [1.165, 1.54) is 12.5 Å². The Morgan fingerprint density at radius 3 is 1.61 bits per heavy atom. The molecule has 1 aromatic rings. The molecule has 0 aliphatic carbocycles. The van der Waals surface area contributed by atoms with E-state index < -0.39 is 27.0 Å². The third-order valence-electron chi connectivity index (χ3n) is 5.51. The van der Waals surface area contributed by atoms with E-state index >= 15 is 0 Å². The summed E-state index contributed by atoms with van der Waals surface area (Å²) in [7, 11) is -4.55. The van der Waals surface area contributed by atoms with E-state index in [2.05, 4.69) is 38.2 Å². The highest BCUT2D eigenvalue weighted by Gasteiger charge is 2.23. The van der Waals surface area contributed by atoms with Crippen molar-refractivity contribution in [2.24, 2.45) is 0 Å². The van der Waals surface area contributed by atoms with Gasteiger partial charge in [0.2, 0.25) is 0 Å². The first-order valence-electron chi connectivity index (χ1n) is 13.1. The molecule has 36 heavy (non-hydrogen) atoms. The fourth-order valence-electron chi connectivity index (χ4n) is 3.36. The van der Waals surface area contributed by atoms with Gasteiger partial charge in [-0.3, -0.25) is 4.55 Å². The van der Waals surface area contributed by atoms with E-state index in [1.54, 1.807) is 0 Å². The van der Waals surface area contributed by atoms with Crippen LogP contribution in [0.3, 0.4) is 0 Å². The fourth-order valence-corrected chi connectivity index (χ4v) is 3.87. The van der Waals surface area contributed by atoms with Crippen LogP contribution < -0.4 is 0 Å². The van der Waals surface area contributed by atoms with Crippen molar-refractivity contribution in [2.45, 2.75) is 95.8 Å². The van der Waals surface area contributed by atoms with Crippen molar-refractivity contribution >= 4 is 22.1 Å². The predicted octanol–water partition coefficient (Wildman–Crippen LogP) is 7.08. The SMILES string of the molecule is CCCC/C=C/CCCCOC(=O)c1ccc(S(=O)(=O)O)cc1C(=O)OCCCC/C=C/CCCC. The fraction of sp³-hybridized carbons (Fsp3) is 0.571. The summed E-state index contributed by atoms with van der Waals surface area (Å²) < 4.78 is 43.0. The normalized spacial score (nSPS) is 11.9. The Hall–Kier alpha value is -2.45. The molecule has 0 radical (unpaired) electrons. The first-order valence-corrected chi connectivity index (χ1v) is 14.5. The lowest BCUT2D eigenvalue weighted by Gasteiger charge is -2.11. The van der Waals surface area contributed by atoms with E-state index in [9.17, 15) is 22.6 Å². The molecule has 202 valence electrons. The van der Waals surface area contributed by atoms with Crippen molar-refractivity contribution in [3.8, 4) is 0 Å². The largest absolute Gasteiger partial charge is 0.462 e. The summed E-state index contributed by atoms with van der Waals surface area (Å²) in [5, 5.41) is 0. The standard InChI is InChI=1S/C28H42O7S/c1-3-5-7-9-11-13-15-17-21-34-27(29)25-20-19-24(36(31,32)33)23-26(25)28(30)35-22-18-16-14-12-10-8-6-4-2/h9-12,19-20,23H,3-8,13-18,21-22H2,1-2H3,(H,31,32,33)/b11-9+,12-10+. The first-order chi connectivity index (χ1) is 17.3. The Balaban J connectivity index is 2.63. The van der Waals surface area contributed by atoms with E-state index in [1.807, 2.05) is 0 Å². The van der Waals surface area contributed by atoms with Gasteiger partial charge in [-0.05, 0) is 69.6 Å². The molecule has 0 saturated carbocycles. The molecule has 0 aromatic heterocycles. The molecule has 0 saturated heterocycles. The van der Waals surface area contributed by atoms with Crippen LogP contribution in [-0.2, 0) is 19.6 Å². The zero-order valence-corrected chi connectivity index (χ0v) is 22.6. The van der Waals surface area contributed by atoms with Crippen LogP contribution in [0.25, 0.3) is 0 Å². The molecule has 1 N–H and O–H groups in total. The average Bonchev–Trinajstić information content (AvgIpc) is 2.85. The lowest BCUT2D eigenvalue weighted by molar-refractivity contribution is 0.0451. The third kappa shape index (κ3) is 13.6. The molecule has 0 unspecified atom stereocenters. The molecule has 0 heterocycles. The van der Waals surface area contributed by atoms with Crippen LogP contribution in [0.4, 0.5) is 0 Å². The van der Waals surface area contributed by atoms with Crippen LogP contribution in [0.5, 0.6) is 0 Å². The van der Waals surface area contributed by atoms with Gasteiger partial charge in [-0.15, -0.1) is 0 Å². The summed E-state index contributed by atoms with van der Waals surface area (Å²) in [6.07, 6.45) is 20.1. The molecule has 0 aliphatic rings. The number of allylic oxidation sites excluding steroid dienone is 4. The van der Waals surface area contributed by atoms with E-state index in [-0.39, 0.29) is 24.3 Å². The first kappa shape index (κ1) is 31.6. The quantitative estimate of drug-likeness (QED) is 0.0895. The summed E-state index contributed by atoms with van der Waals surface area (Å²) in [4.78, 5) is 24.8. The number of ether oxygens (including phenoxy) is 2. The molecule has 7 nitrogen and oxygen atoms in total. The Morgan fingerprint density at radius 2 is 1.17 bits per heavy atom. The second-order valence-corrected chi connectivity index (χ2v) is 10.1. The highest BCUT2D eigenvalue weighted by atomic mass is 32.2. The maximum absolute atomic E-state index is 12.7. The predicted molar refractivity (Wildman–Crippen MR) is 142 cm³/mol. The monoisotopic (exact) mass is 522 g/mol. The van der Waals surface area contributed by atoms with Gasteiger partial charge in [-0.1, -0.05) is 63.8 Å². The van der Waals surface area contributed by atoms with Crippen molar-refractivity contribution in [2.75, 3.05) is 13.2 Å². The van der Waals surface area contributed by atoms with Crippen LogP contribution in [0.1, 0.15) is 112 Å². The van der Waals surface area contributed by atoms with Gasteiger partial charge in [0.1, 0.15) is 0 Å². The van der Waals surface area contributed by atoms with Gasteiger partial charge in [0.25, 0.3) is 10.1 Å². The summed E-state index contributed by atoms with van der Waals surface area (Å²) in [6.45, 7) is 4.62. The number of benzene rings is 1. The van der Waals surface area contributed by atoms with Crippen molar-refractivity contribution in [1.82, 2.24) is 0 Å². The van der Waals surface area contributed by atoms with Crippen LogP contribution >= 0.6 is 0 Å². The molecule has 1 aromatic carbocycles. The van der Waals surface area contributed by atoms with Gasteiger partial charge >= 0.3 is 11.9 Å². The Labute approximate surface area is 216 Å². The Morgan fingerprint density at radius 1 is 0.722 bits per heavy atom. The van der Waals surface area contributed by atoms with E-state index in [0.29, 0.717) is 12.8 Å². The number of esters is 2. The zero-order valence-electron chi connectivity index (χ0n) is 21.7. The molecule has 0 spiro atoms. The van der Waals surface area contributed by atoms with Gasteiger partial charge in [-0.2, -0.15) is 8.42 Å². The van der Waals surface area contributed by atoms with Crippen molar-refractivity contribution in [3.05, 3.63) is 53.6 Å². The van der Waals surface area contributed by atoms with Crippen LogP contribution in [-0.4, -0.2) is 38.1 Å². The third-order valence-corrected chi connectivity index (χ3v) is 6.36. The molecule has 1 rings (SSSR count). The van der Waals surface area contributed by atoms with Crippen LogP contribution in [0, 0.1) is 0 Å². The van der Waals surface area contributed by atoms with Gasteiger partial charge < -0.3 is 9.47 Å². The highest BCUT2D eigenvalue weighted by Crippen LogP contribution is 2.19. The maximum Gasteiger partial charge on any atom is 0.339 e. The Kier molecular flexibility index (Phi) is 16.5. The number of hydrogen-bond acceptors (Lipinski definition) is 6. The summed E-state index contributed by atoms with van der Waals surface area (Å²) in [6, 6.07) is 3.18. The van der Waals surface area contributed by atoms with Crippen molar-refractivity contribution in [1.29, 1.82) is 0 Å². The van der Waals surface area contributed by atoms with Gasteiger partial charge in [0.15, 0.2) is 0 Å². The lowest BCUT2D eigenvalue weighted by atomic mass is 10.1. The summed E-state index contributed by atoms with van der Waals surface area (Å²) in [5.74, 6) is -1.57. The maximum atomic E-state index is 12.7. The molecule has 0 atom stereocenters. The molecular weight excluding hydrogens is 480 g/mol. The average molecular weight is 523 g/mol. The second-order valence-electron chi connectivity index (χ2n) is 8.67. The number of hydrogen-bond donors (Lipinski definition) is 1. The smallest absolute Gasteiger partial charge is 0.339 e. The molecule has 0 fully saturated rings. The number of carbonyl (C=O) groups excluding carboxylic acids is 2. The lowest BCUT2D eigenvalue weighted by Crippen LogP contribution is -2.16. The Bertz CT molecular complexity index is 949.